The second-order valence-corrected chi connectivity index (χ2v) is 3.35. The van der Waals surface area contributed by atoms with E-state index in [0.29, 0.717) is 24.3 Å². The van der Waals surface area contributed by atoms with Gasteiger partial charge in [0.15, 0.2) is 0 Å². The van der Waals surface area contributed by atoms with Gasteiger partial charge >= 0.3 is 0 Å². The van der Waals surface area contributed by atoms with Gasteiger partial charge in [0.25, 0.3) is 0 Å². The summed E-state index contributed by atoms with van der Waals surface area (Å²) in [6.45, 7) is 6.75. The van der Waals surface area contributed by atoms with Gasteiger partial charge in [0, 0.05) is 5.92 Å². The zero-order valence-electron chi connectivity index (χ0n) is 9.78. The Kier molecular flexibility index (Phi) is 4.34. The maximum Gasteiger partial charge on any atom is 0.239 e. The van der Waals surface area contributed by atoms with Crippen molar-refractivity contribution in [2.24, 2.45) is 0 Å². The highest BCUT2D eigenvalue weighted by molar-refractivity contribution is 5.25. The molecule has 0 bridgehead atoms. The van der Waals surface area contributed by atoms with Gasteiger partial charge in [0.05, 0.1) is 19.9 Å². The molecule has 0 N–H and O–H groups in total. The van der Waals surface area contributed by atoms with Crippen LogP contribution in [0.1, 0.15) is 38.8 Å². The molecule has 1 unspecified atom stereocenters. The van der Waals surface area contributed by atoms with Crippen molar-refractivity contribution in [2.45, 2.75) is 33.1 Å². The largest absolute Gasteiger partial charge is 0.480 e. The standard InChI is InChI=1S/C11H18N2O2/c1-5-8(3)10-11(15-6-2)13-9(14-4)7-12-10/h7-8H,5-6H2,1-4H3. The van der Waals surface area contributed by atoms with Crippen LogP contribution in [0.15, 0.2) is 6.20 Å². The second-order valence-electron chi connectivity index (χ2n) is 3.35. The summed E-state index contributed by atoms with van der Waals surface area (Å²) in [6.07, 6.45) is 2.64. The highest BCUT2D eigenvalue weighted by Gasteiger charge is 2.14. The van der Waals surface area contributed by atoms with Gasteiger partial charge in [-0.1, -0.05) is 13.8 Å². The average Bonchev–Trinajstić information content (AvgIpc) is 2.28. The first-order valence-corrected chi connectivity index (χ1v) is 5.26. The molecule has 0 aliphatic heterocycles. The van der Waals surface area contributed by atoms with Crippen LogP contribution in [-0.4, -0.2) is 23.7 Å². The van der Waals surface area contributed by atoms with Crippen LogP contribution in [0.3, 0.4) is 0 Å². The van der Waals surface area contributed by atoms with E-state index in [4.69, 9.17) is 9.47 Å². The predicted octanol–water partition coefficient (Wildman–Crippen LogP) is 2.40. The monoisotopic (exact) mass is 210 g/mol. The number of aromatic nitrogens is 2. The molecular weight excluding hydrogens is 192 g/mol. The lowest BCUT2D eigenvalue weighted by Gasteiger charge is -2.13. The minimum Gasteiger partial charge on any atom is -0.480 e. The van der Waals surface area contributed by atoms with Crippen molar-refractivity contribution in [3.63, 3.8) is 0 Å². The molecule has 0 fully saturated rings. The van der Waals surface area contributed by atoms with Gasteiger partial charge in [-0.2, -0.15) is 4.98 Å². The third kappa shape index (κ3) is 2.81. The number of nitrogens with zero attached hydrogens (tertiary/aromatic N) is 2. The SMILES string of the molecule is CCOc1nc(OC)cnc1C(C)CC. The molecule has 1 aromatic rings. The normalized spacial score (nSPS) is 12.3. The van der Waals surface area contributed by atoms with Crippen LogP contribution in [-0.2, 0) is 0 Å². The number of hydrogen-bond acceptors (Lipinski definition) is 4. The molecule has 4 heteroatoms. The average molecular weight is 210 g/mol. The van der Waals surface area contributed by atoms with Crippen molar-refractivity contribution in [3.05, 3.63) is 11.9 Å². The van der Waals surface area contributed by atoms with E-state index < -0.39 is 0 Å². The molecule has 0 radical (unpaired) electrons. The Balaban J connectivity index is 3.03. The summed E-state index contributed by atoms with van der Waals surface area (Å²) < 4.78 is 10.5. The van der Waals surface area contributed by atoms with E-state index in [1.807, 2.05) is 6.92 Å². The molecule has 0 spiro atoms. The zero-order chi connectivity index (χ0) is 11.3. The van der Waals surface area contributed by atoms with Gasteiger partial charge < -0.3 is 9.47 Å². The summed E-state index contributed by atoms with van der Waals surface area (Å²) in [5.41, 5.74) is 0.903. The zero-order valence-corrected chi connectivity index (χ0v) is 9.78. The van der Waals surface area contributed by atoms with Crippen LogP contribution in [0.25, 0.3) is 0 Å². The number of methoxy groups -OCH3 is 1. The molecule has 4 nitrogen and oxygen atoms in total. The molecule has 0 aromatic carbocycles. The maximum absolute atomic E-state index is 5.45. The first-order valence-electron chi connectivity index (χ1n) is 5.26. The summed E-state index contributed by atoms with van der Waals surface area (Å²) in [4.78, 5) is 8.57. The predicted molar refractivity (Wildman–Crippen MR) is 58.5 cm³/mol. The Morgan fingerprint density at radius 1 is 1.40 bits per heavy atom. The summed E-state index contributed by atoms with van der Waals surface area (Å²) in [6, 6.07) is 0. The highest BCUT2D eigenvalue weighted by atomic mass is 16.5. The first-order chi connectivity index (χ1) is 7.22. The van der Waals surface area contributed by atoms with E-state index in [9.17, 15) is 0 Å². The van der Waals surface area contributed by atoms with Crippen LogP contribution < -0.4 is 9.47 Å². The van der Waals surface area contributed by atoms with Crippen molar-refractivity contribution in [1.29, 1.82) is 0 Å². The molecule has 1 aromatic heterocycles. The lowest BCUT2D eigenvalue weighted by atomic mass is 10.1. The van der Waals surface area contributed by atoms with E-state index in [1.54, 1.807) is 13.3 Å². The van der Waals surface area contributed by atoms with Crippen molar-refractivity contribution >= 4 is 0 Å². The van der Waals surface area contributed by atoms with Gasteiger partial charge in [-0.25, -0.2) is 4.98 Å². The maximum atomic E-state index is 5.45. The van der Waals surface area contributed by atoms with Crippen LogP contribution in [0.2, 0.25) is 0 Å². The van der Waals surface area contributed by atoms with E-state index in [1.165, 1.54) is 0 Å². The second kappa shape index (κ2) is 5.53. The van der Waals surface area contributed by atoms with Gasteiger partial charge in [-0.15, -0.1) is 0 Å². The molecule has 0 saturated heterocycles. The van der Waals surface area contributed by atoms with E-state index in [2.05, 4.69) is 23.8 Å². The minimum absolute atomic E-state index is 0.352. The molecule has 0 saturated carbocycles. The third-order valence-electron chi connectivity index (χ3n) is 2.31. The summed E-state index contributed by atoms with van der Waals surface area (Å²) in [5, 5.41) is 0. The Bertz CT molecular complexity index is 315. The summed E-state index contributed by atoms with van der Waals surface area (Å²) in [7, 11) is 1.57. The van der Waals surface area contributed by atoms with Crippen LogP contribution in [0, 0.1) is 0 Å². The van der Waals surface area contributed by atoms with Crippen molar-refractivity contribution in [1.82, 2.24) is 9.97 Å². The fraction of sp³-hybridized carbons (Fsp3) is 0.636. The van der Waals surface area contributed by atoms with Gasteiger partial charge in [-0.05, 0) is 13.3 Å². The van der Waals surface area contributed by atoms with Crippen molar-refractivity contribution in [2.75, 3.05) is 13.7 Å². The fourth-order valence-electron chi connectivity index (χ4n) is 1.24. The van der Waals surface area contributed by atoms with Crippen LogP contribution >= 0.6 is 0 Å². The molecular formula is C11H18N2O2. The summed E-state index contributed by atoms with van der Waals surface area (Å²) in [5.74, 6) is 1.43. The Morgan fingerprint density at radius 3 is 2.67 bits per heavy atom. The van der Waals surface area contributed by atoms with E-state index in [-0.39, 0.29) is 0 Å². The lowest BCUT2D eigenvalue weighted by Crippen LogP contribution is -2.05. The number of hydrogen-bond donors (Lipinski definition) is 0. The quantitative estimate of drug-likeness (QED) is 0.748. The third-order valence-corrected chi connectivity index (χ3v) is 2.31. The first kappa shape index (κ1) is 11.8. The molecule has 0 aliphatic rings. The Hall–Kier alpha value is -1.32. The smallest absolute Gasteiger partial charge is 0.239 e. The molecule has 1 rings (SSSR count). The van der Waals surface area contributed by atoms with Gasteiger partial charge in [0.1, 0.15) is 5.69 Å². The minimum atomic E-state index is 0.352. The molecule has 84 valence electrons. The van der Waals surface area contributed by atoms with E-state index in [0.717, 1.165) is 12.1 Å². The van der Waals surface area contributed by atoms with Crippen LogP contribution in [0.4, 0.5) is 0 Å². The molecule has 1 heterocycles. The van der Waals surface area contributed by atoms with E-state index >= 15 is 0 Å². The van der Waals surface area contributed by atoms with Crippen molar-refractivity contribution in [3.8, 4) is 11.8 Å². The summed E-state index contributed by atoms with van der Waals surface area (Å²) >= 11 is 0. The van der Waals surface area contributed by atoms with Gasteiger partial charge in [-0.3, -0.25) is 0 Å². The highest BCUT2D eigenvalue weighted by Crippen LogP contribution is 2.26. The molecule has 0 amide bonds. The molecule has 15 heavy (non-hydrogen) atoms. The van der Waals surface area contributed by atoms with Gasteiger partial charge in [0.2, 0.25) is 11.8 Å². The number of rotatable bonds is 5. The molecule has 1 atom stereocenters. The molecule has 0 aliphatic carbocycles. The topological polar surface area (TPSA) is 44.2 Å². The Morgan fingerprint density at radius 2 is 2.13 bits per heavy atom. The fourth-order valence-corrected chi connectivity index (χ4v) is 1.24. The lowest BCUT2D eigenvalue weighted by molar-refractivity contribution is 0.306. The Labute approximate surface area is 90.7 Å². The van der Waals surface area contributed by atoms with Crippen LogP contribution in [0.5, 0.6) is 11.8 Å². The van der Waals surface area contributed by atoms with Crippen molar-refractivity contribution < 1.29 is 9.47 Å². The number of ether oxygens (including phenoxy) is 2.